The van der Waals surface area contributed by atoms with Gasteiger partial charge in [0.15, 0.2) is 29.6 Å². The summed E-state index contributed by atoms with van der Waals surface area (Å²) >= 11 is 0. The second kappa shape index (κ2) is 6.70. The topological polar surface area (TPSA) is 75.6 Å². The Morgan fingerprint density at radius 1 is 1.00 bits per heavy atom. The lowest BCUT2D eigenvalue weighted by molar-refractivity contribution is -0.240. The number of ether oxygens (including phenoxy) is 6. The van der Waals surface area contributed by atoms with Crippen molar-refractivity contribution in [2.45, 2.75) is 69.5 Å². The average molecular weight is 390 g/mol. The molecule has 0 spiro atoms. The van der Waals surface area contributed by atoms with Crippen LogP contribution in [0.2, 0.25) is 0 Å². The highest BCUT2D eigenvalue weighted by molar-refractivity contribution is 5.41. The summed E-state index contributed by atoms with van der Waals surface area (Å²) in [5.41, 5.74) is -0.884. The number of benzene rings is 1. The average Bonchev–Trinajstić information content (AvgIpc) is 3.23. The molecule has 3 fully saturated rings. The number of hydrogen-bond donors (Lipinski definition) is 1. The van der Waals surface area contributed by atoms with Gasteiger partial charge in [-0.2, -0.15) is 0 Å². The molecule has 5 atom stereocenters. The van der Waals surface area contributed by atoms with Crippen molar-refractivity contribution >= 4 is 0 Å². The second-order valence-corrected chi connectivity index (χ2v) is 8.15. The number of hydrogen-bond acceptors (Lipinski definition) is 7. The van der Waals surface area contributed by atoms with Gasteiger partial charge in [-0.3, -0.25) is 0 Å². The summed E-state index contributed by atoms with van der Waals surface area (Å²) in [4.78, 5) is 0. The largest absolute Gasteiger partial charge is 0.497 e. The predicted molar refractivity (Wildman–Crippen MR) is 98.4 cm³/mol. The first kappa shape index (κ1) is 19.6. The lowest BCUT2D eigenvalue weighted by Crippen LogP contribution is -2.53. The van der Waals surface area contributed by atoms with Gasteiger partial charge in [0.1, 0.15) is 18.0 Å². The molecule has 28 heavy (non-hydrogen) atoms. The van der Waals surface area contributed by atoms with E-state index < -0.39 is 41.8 Å². The maximum atomic E-state index is 11.6. The van der Waals surface area contributed by atoms with Gasteiger partial charge in [0.05, 0.1) is 13.7 Å². The highest BCUT2D eigenvalue weighted by Crippen LogP contribution is 2.45. The van der Waals surface area contributed by atoms with Gasteiger partial charge in [0, 0.05) is 5.56 Å². The lowest BCUT2D eigenvalue weighted by Gasteiger charge is -2.32. The van der Waals surface area contributed by atoms with Gasteiger partial charge >= 0.3 is 0 Å². The molecule has 1 aromatic rings. The minimum absolute atomic E-state index is 0.285. The lowest BCUT2D eigenvalue weighted by atomic mass is 9.89. The van der Waals surface area contributed by atoms with Crippen LogP contribution >= 0.6 is 0 Å². The molecule has 1 aromatic carbocycles. The molecular formula is C21H26O7. The normalized spacial score (nSPS) is 37.9. The third-order valence-corrected chi connectivity index (χ3v) is 5.07. The summed E-state index contributed by atoms with van der Waals surface area (Å²) in [6.45, 7) is 7.48. The first-order valence-corrected chi connectivity index (χ1v) is 9.34. The van der Waals surface area contributed by atoms with Crippen LogP contribution in [-0.2, 0) is 23.7 Å². The van der Waals surface area contributed by atoms with Crippen LogP contribution in [0.25, 0.3) is 0 Å². The fourth-order valence-corrected chi connectivity index (χ4v) is 3.76. The van der Waals surface area contributed by atoms with Crippen molar-refractivity contribution in [3.8, 4) is 17.6 Å². The van der Waals surface area contributed by atoms with E-state index in [0.717, 1.165) is 11.3 Å². The Hall–Kier alpha value is -1.66. The Kier molecular flexibility index (Phi) is 4.70. The van der Waals surface area contributed by atoms with E-state index in [0.29, 0.717) is 0 Å². The van der Waals surface area contributed by atoms with Crippen molar-refractivity contribution in [3.63, 3.8) is 0 Å². The van der Waals surface area contributed by atoms with Crippen molar-refractivity contribution in [2.75, 3.05) is 13.7 Å². The Morgan fingerprint density at radius 2 is 1.71 bits per heavy atom. The molecule has 3 aliphatic heterocycles. The van der Waals surface area contributed by atoms with Crippen LogP contribution in [0.5, 0.6) is 5.75 Å². The smallest absolute Gasteiger partial charge is 0.191 e. The van der Waals surface area contributed by atoms with Crippen LogP contribution in [0.3, 0.4) is 0 Å². The van der Waals surface area contributed by atoms with Crippen LogP contribution in [0.1, 0.15) is 33.3 Å². The monoisotopic (exact) mass is 390 g/mol. The van der Waals surface area contributed by atoms with E-state index in [1.165, 1.54) is 0 Å². The molecule has 3 aliphatic rings. The van der Waals surface area contributed by atoms with E-state index in [1.807, 2.05) is 38.1 Å². The van der Waals surface area contributed by atoms with Crippen LogP contribution in [0.4, 0.5) is 0 Å². The summed E-state index contributed by atoms with van der Waals surface area (Å²) < 4.78 is 34.5. The van der Waals surface area contributed by atoms with Gasteiger partial charge < -0.3 is 33.5 Å². The van der Waals surface area contributed by atoms with Crippen LogP contribution in [-0.4, -0.2) is 60.6 Å². The Labute approximate surface area is 164 Å². The minimum atomic E-state index is -1.62. The molecule has 0 saturated carbocycles. The first-order chi connectivity index (χ1) is 13.1. The molecule has 0 aromatic heterocycles. The third kappa shape index (κ3) is 3.52. The Bertz CT molecular complexity index is 791. The zero-order valence-electron chi connectivity index (χ0n) is 16.7. The molecule has 0 unspecified atom stereocenters. The molecule has 0 amide bonds. The maximum Gasteiger partial charge on any atom is 0.191 e. The van der Waals surface area contributed by atoms with Crippen molar-refractivity contribution in [2.24, 2.45) is 0 Å². The molecule has 4 rings (SSSR count). The van der Waals surface area contributed by atoms with Crippen molar-refractivity contribution in [1.29, 1.82) is 0 Å². The van der Waals surface area contributed by atoms with E-state index in [4.69, 9.17) is 28.4 Å². The number of methoxy groups -OCH3 is 1. The SMILES string of the molecule is COc1ccc(C#C[C@@]2(O)[C@@H]([C@H]3COC(C)(C)O3)O[C@@H]3OC(C)(C)O[C@@H]32)cc1. The second-order valence-electron chi connectivity index (χ2n) is 8.15. The summed E-state index contributed by atoms with van der Waals surface area (Å²) in [6, 6.07) is 7.28. The van der Waals surface area contributed by atoms with Crippen LogP contribution in [0, 0.1) is 11.8 Å². The maximum absolute atomic E-state index is 11.6. The fraction of sp³-hybridized carbons (Fsp3) is 0.619. The molecule has 7 nitrogen and oxygen atoms in total. The Balaban J connectivity index is 1.65. The summed E-state index contributed by atoms with van der Waals surface area (Å²) in [7, 11) is 1.61. The molecule has 0 aliphatic carbocycles. The van der Waals surface area contributed by atoms with Crippen LogP contribution in [0.15, 0.2) is 24.3 Å². The number of aliphatic hydroxyl groups is 1. The van der Waals surface area contributed by atoms with E-state index in [-0.39, 0.29) is 6.61 Å². The van der Waals surface area contributed by atoms with Gasteiger partial charge in [-0.25, -0.2) is 0 Å². The van der Waals surface area contributed by atoms with E-state index >= 15 is 0 Å². The zero-order valence-corrected chi connectivity index (χ0v) is 16.7. The standard InChI is InChI=1S/C21H26O7/c1-19(2)24-12-15(26-19)16-21(22,17-18(25-16)28-20(3,4)27-17)11-10-13-6-8-14(23-5)9-7-13/h6-9,15-18,22H,12H2,1-5H3/t15-,16-,17+,18-,21-/m1/s1. The van der Waals surface area contributed by atoms with E-state index in [9.17, 15) is 5.11 Å². The van der Waals surface area contributed by atoms with E-state index in [1.54, 1.807) is 21.0 Å². The predicted octanol–water partition coefficient (Wildman–Crippen LogP) is 1.81. The van der Waals surface area contributed by atoms with Crippen molar-refractivity contribution in [1.82, 2.24) is 0 Å². The molecule has 3 heterocycles. The number of fused-ring (bicyclic) bond motifs is 1. The first-order valence-electron chi connectivity index (χ1n) is 9.34. The minimum Gasteiger partial charge on any atom is -0.497 e. The fourth-order valence-electron chi connectivity index (χ4n) is 3.76. The molecule has 0 radical (unpaired) electrons. The summed E-state index contributed by atoms with van der Waals surface area (Å²) in [5, 5.41) is 11.6. The van der Waals surface area contributed by atoms with Gasteiger partial charge in [0.2, 0.25) is 0 Å². The van der Waals surface area contributed by atoms with E-state index in [2.05, 4.69) is 11.8 Å². The third-order valence-electron chi connectivity index (χ3n) is 5.07. The molecule has 3 saturated heterocycles. The van der Waals surface area contributed by atoms with Crippen LogP contribution < -0.4 is 4.74 Å². The van der Waals surface area contributed by atoms with Crippen molar-refractivity contribution < 1.29 is 33.5 Å². The molecule has 0 bridgehead atoms. The van der Waals surface area contributed by atoms with Gasteiger partial charge in [0.25, 0.3) is 0 Å². The Morgan fingerprint density at radius 3 is 2.32 bits per heavy atom. The molecule has 1 N–H and O–H groups in total. The summed E-state index contributed by atoms with van der Waals surface area (Å²) in [6.07, 6.45) is -2.76. The molecule has 152 valence electrons. The van der Waals surface area contributed by atoms with Gasteiger partial charge in [-0.1, -0.05) is 11.8 Å². The number of rotatable bonds is 2. The highest BCUT2D eigenvalue weighted by Gasteiger charge is 2.65. The molecular weight excluding hydrogens is 364 g/mol. The van der Waals surface area contributed by atoms with Crippen molar-refractivity contribution in [3.05, 3.63) is 29.8 Å². The highest BCUT2D eigenvalue weighted by atomic mass is 16.8. The molecule has 7 heteroatoms. The summed E-state index contributed by atoms with van der Waals surface area (Å²) in [5.74, 6) is 5.11. The quantitative estimate of drug-likeness (QED) is 0.772. The zero-order chi connectivity index (χ0) is 20.2. The van der Waals surface area contributed by atoms with Gasteiger partial charge in [-0.15, -0.1) is 0 Å². The van der Waals surface area contributed by atoms with Gasteiger partial charge in [-0.05, 0) is 52.0 Å².